The van der Waals surface area contributed by atoms with Crippen molar-refractivity contribution >= 4 is 20.3 Å². The van der Waals surface area contributed by atoms with Crippen LogP contribution in [0.1, 0.15) is 39.5 Å². The molecule has 1 aliphatic heterocycles. The van der Waals surface area contributed by atoms with E-state index >= 15 is 0 Å². The summed E-state index contributed by atoms with van der Waals surface area (Å²) in [5.41, 5.74) is 0.160. The number of hydrogen-bond acceptors (Lipinski definition) is 4. The number of carbonyl (C=O) groups excluding carboxylic acids is 2. The molecule has 18 heavy (non-hydrogen) atoms. The van der Waals surface area contributed by atoms with Crippen LogP contribution >= 0.6 is 0 Å². The molecule has 0 spiro atoms. The van der Waals surface area contributed by atoms with Gasteiger partial charge in [-0.3, -0.25) is 9.59 Å². The van der Waals surface area contributed by atoms with E-state index in [0.29, 0.717) is 0 Å². The van der Waals surface area contributed by atoms with Crippen LogP contribution in [-0.2, 0) is 18.8 Å². The van der Waals surface area contributed by atoms with E-state index in [4.69, 9.17) is 4.43 Å². The Kier molecular flexibility index (Phi) is 5.53. The maximum absolute atomic E-state index is 11.7. The zero-order valence-corrected chi connectivity index (χ0v) is 12.8. The molecule has 0 saturated carbocycles. The molecule has 0 aromatic carbocycles. The molecule has 0 bridgehead atoms. The van der Waals surface area contributed by atoms with Crippen molar-refractivity contribution in [2.75, 3.05) is 6.61 Å². The molecule has 2 atom stereocenters. The highest BCUT2D eigenvalue weighted by molar-refractivity contribution is 6.73. The minimum atomic E-state index is -1.96. The molecule has 0 N–H and O–H groups in total. The summed E-state index contributed by atoms with van der Waals surface area (Å²) in [6.45, 7) is 9.20. The van der Waals surface area contributed by atoms with E-state index in [1.165, 1.54) is 0 Å². The van der Waals surface area contributed by atoms with E-state index in [1.807, 2.05) is 0 Å². The SMILES string of the molecule is CCCCO[Si](C)(C)C(CC)C1CC(=O)OC1=O. The van der Waals surface area contributed by atoms with Gasteiger partial charge in [0.15, 0.2) is 8.32 Å². The van der Waals surface area contributed by atoms with E-state index in [0.717, 1.165) is 25.9 Å². The zero-order valence-electron chi connectivity index (χ0n) is 11.8. The fourth-order valence-electron chi connectivity index (χ4n) is 2.65. The second-order valence-electron chi connectivity index (χ2n) is 5.42. The quantitative estimate of drug-likeness (QED) is 0.309. The third kappa shape index (κ3) is 3.65. The first-order chi connectivity index (χ1) is 8.42. The third-order valence-electron chi connectivity index (χ3n) is 3.69. The van der Waals surface area contributed by atoms with Gasteiger partial charge in [0.2, 0.25) is 0 Å². The summed E-state index contributed by atoms with van der Waals surface area (Å²) >= 11 is 0. The number of esters is 2. The van der Waals surface area contributed by atoms with Gasteiger partial charge < -0.3 is 9.16 Å². The van der Waals surface area contributed by atoms with Crippen molar-refractivity contribution in [1.29, 1.82) is 0 Å². The normalized spacial score (nSPS) is 22.1. The molecule has 2 unspecified atom stereocenters. The van der Waals surface area contributed by atoms with Crippen molar-refractivity contribution in [2.24, 2.45) is 5.92 Å². The summed E-state index contributed by atoms with van der Waals surface area (Å²) in [5.74, 6) is -1.03. The lowest BCUT2D eigenvalue weighted by Gasteiger charge is -2.33. The summed E-state index contributed by atoms with van der Waals surface area (Å²) in [4.78, 5) is 22.9. The molecular weight excluding hydrogens is 248 g/mol. The Bertz CT molecular complexity index is 314. The lowest BCUT2D eigenvalue weighted by Crippen LogP contribution is -2.41. The zero-order chi connectivity index (χ0) is 13.8. The van der Waals surface area contributed by atoms with Gasteiger partial charge in [0, 0.05) is 6.61 Å². The van der Waals surface area contributed by atoms with Gasteiger partial charge in [0.25, 0.3) is 0 Å². The fraction of sp³-hybridized carbons (Fsp3) is 0.846. The van der Waals surface area contributed by atoms with Crippen LogP contribution in [0.4, 0.5) is 0 Å². The maximum Gasteiger partial charge on any atom is 0.317 e. The molecule has 4 nitrogen and oxygen atoms in total. The van der Waals surface area contributed by atoms with E-state index in [9.17, 15) is 9.59 Å². The van der Waals surface area contributed by atoms with Gasteiger partial charge in [0.1, 0.15) is 0 Å². The minimum Gasteiger partial charge on any atom is -0.417 e. The van der Waals surface area contributed by atoms with Crippen LogP contribution in [0.5, 0.6) is 0 Å². The number of unbranched alkanes of at least 4 members (excludes halogenated alkanes) is 1. The van der Waals surface area contributed by atoms with E-state index < -0.39 is 8.32 Å². The minimum absolute atomic E-state index is 0.160. The van der Waals surface area contributed by atoms with Crippen molar-refractivity contribution < 1.29 is 18.8 Å². The van der Waals surface area contributed by atoms with Crippen LogP contribution < -0.4 is 0 Å². The summed E-state index contributed by atoms with van der Waals surface area (Å²) in [6, 6.07) is 0. The lowest BCUT2D eigenvalue weighted by atomic mass is 10.0. The largest absolute Gasteiger partial charge is 0.417 e. The molecule has 104 valence electrons. The number of cyclic esters (lactones) is 2. The second-order valence-corrected chi connectivity index (χ2v) is 9.66. The number of hydrogen-bond donors (Lipinski definition) is 0. The van der Waals surface area contributed by atoms with Crippen LogP contribution in [-0.4, -0.2) is 26.9 Å². The van der Waals surface area contributed by atoms with Crippen molar-refractivity contribution in [3.8, 4) is 0 Å². The number of rotatable bonds is 7. The Labute approximate surface area is 110 Å². The topological polar surface area (TPSA) is 52.6 Å². The molecule has 1 rings (SSSR count). The van der Waals surface area contributed by atoms with Gasteiger partial charge in [-0.05, 0) is 25.1 Å². The molecule has 1 aliphatic rings. The Morgan fingerprint density at radius 3 is 2.50 bits per heavy atom. The molecule has 1 heterocycles. The second kappa shape index (κ2) is 6.47. The van der Waals surface area contributed by atoms with Crippen LogP contribution in [0.2, 0.25) is 18.6 Å². The smallest absolute Gasteiger partial charge is 0.317 e. The van der Waals surface area contributed by atoms with Gasteiger partial charge in [-0.15, -0.1) is 0 Å². The van der Waals surface area contributed by atoms with Crippen LogP contribution in [0, 0.1) is 5.92 Å². The first-order valence-electron chi connectivity index (χ1n) is 6.80. The molecule has 1 fully saturated rings. The monoisotopic (exact) mass is 272 g/mol. The lowest BCUT2D eigenvalue weighted by molar-refractivity contribution is -0.153. The van der Waals surface area contributed by atoms with Crippen molar-refractivity contribution in [3.63, 3.8) is 0 Å². The van der Waals surface area contributed by atoms with Gasteiger partial charge in [-0.2, -0.15) is 0 Å². The van der Waals surface area contributed by atoms with Crippen molar-refractivity contribution in [1.82, 2.24) is 0 Å². The highest BCUT2D eigenvalue weighted by Crippen LogP contribution is 2.39. The first kappa shape index (κ1) is 15.4. The Hall–Kier alpha value is -0.683. The third-order valence-corrected chi connectivity index (χ3v) is 7.24. The average Bonchev–Trinajstić information content (AvgIpc) is 2.59. The summed E-state index contributed by atoms with van der Waals surface area (Å²) < 4.78 is 10.7. The van der Waals surface area contributed by atoms with Crippen LogP contribution in [0.15, 0.2) is 0 Å². The number of ether oxygens (including phenoxy) is 1. The number of carbonyl (C=O) groups is 2. The molecule has 0 amide bonds. The van der Waals surface area contributed by atoms with Gasteiger partial charge in [-0.1, -0.05) is 26.7 Å². The van der Waals surface area contributed by atoms with Gasteiger partial charge >= 0.3 is 11.9 Å². The van der Waals surface area contributed by atoms with Crippen LogP contribution in [0.25, 0.3) is 0 Å². The van der Waals surface area contributed by atoms with Crippen LogP contribution in [0.3, 0.4) is 0 Å². The summed E-state index contributed by atoms with van der Waals surface area (Å²) in [7, 11) is -1.96. The molecular formula is C13H24O4Si. The Morgan fingerprint density at radius 2 is 2.06 bits per heavy atom. The molecule has 0 aromatic heterocycles. The van der Waals surface area contributed by atoms with E-state index in [2.05, 4.69) is 31.7 Å². The summed E-state index contributed by atoms with van der Waals surface area (Å²) in [5, 5.41) is 0. The highest BCUT2D eigenvalue weighted by Gasteiger charge is 2.46. The first-order valence-corrected chi connectivity index (χ1v) is 9.79. The molecule has 0 aromatic rings. The summed E-state index contributed by atoms with van der Waals surface area (Å²) in [6.07, 6.45) is 3.23. The Balaban J connectivity index is 2.69. The molecule has 1 saturated heterocycles. The standard InChI is InChI=1S/C13H24O4Si/c1-5-7-8-16-18(3,4)11(6-2)10-9-12(14)17-13(10)15/h10-11H,5-9H2,1-4H3. The highest BCUT2D eigenvalue weighted by atomic mass is 28.4. The predicted octanol–water partition coefficient (Wildman–Crippen LogP) is 2.88. The predicted molar refractivity (Wildman–Crippen MR) is 71.6 cm³/mol. The van der Waals surface area contributed by atoms with E-state index in [-0.39, 0.29) is 29.8 Å². The molecule has 0 radical (unpaired) electrons. The average molecular weight is 272 g/mol. The Morgan fingerprint density at radius 1 is 1.39 bits per heavy atom. The van der Waals surface area contributed by atoms with E-state index in [1.54, 1.807) is 0 Å². The molecule has 0 aliphatic carbocycles. The fourth-order valence-corrected chi connectivity index (χ4v) is 5.74. The molecule has 5 heteroatoms. The van der Waals surface area contributed by atoms with Gasteiger partial charge in [-0.25, -0.2) is 0 Å². The van der Waals surface area contributed by atoms with Crippen molar-refractivity contribution in [3.05, 3.63) is 0 Å². The van der Waals surface area contributed by atoms with Crippen molar-refractivity contribution in [2.45, 2.75) is 58.2 Å². The van der Waals surface area contributed by atoms with Gasteiger partial charge in [0.05, 0.1) is 12.3 Å². The maximum atomic E-state index is 11.7.